The van der Waals surface area contributed by atoms with Crippen molar-refractivity contribution in [3.63, 3.8) is 0 Å². The number of morpholine rings is 1. The third kappa shape index (κ3) is 7.35. The number of hydrogen-bond donors (Lipinski definition) is 3. The highest BCUT2D eigenvalue weighted by Gasteiger charge is 2.40. The third-order valence-corrected chi connectivity index (χ3v) is 7.54. The van der Waals surface area contributed by atoms with Crippen LogP contribution in [0.15, 0.2) is 35.1 Å². The lowest BCUT2D eigenvalue weighted by molar-refractivity contribution is -0.141. The number of thiazole rings is 1. The number of ether oxygens (including phenoxy) is 1. The molecular formula is C27H28F3N9O4S. The molecule has 0 radical (unpaired) electrons. The van der Waals surface area contributed by atoms with E-state index in [1.165, 1.54) is 24.7 Å². The number of hydrogen-bond acceptors (Lipinski definition) is 11. The fraction of sp³-hybridized carbons (Fsp3) is 0.370. The molecule has 44 heavy (non-hydrogen) atoms. The van der Waals surface area contributed by atoms with Crippen molar-refractivity contribution in [1.82, 2.24) is 40.7 Å². The molecule has 0 saturated carbocycles. The Morgan fingerprint density at radius 1 is 1.05 bits per heavy atom. The standard InChI is InChI=1S/C27H28F3N9O4S/c1-3-32-26(41)35-20-11-18(19(14-34-20)16-10-17(13-31-12-16)24-38-37-15(2)43-24)25-36-22(27(28,29)30)21(44-25)23(40)33-4-5-39-6-8-42-9-7-39/h10-14H,3-9H2,1-2H3,(H,33,40)(H2,32,34,35,41). The summed E-state index contributed by atoms with van der Waals surface area (Å²) < 4.78 is 53.3. The second-order valence-corrected chi connectivity index (χ2v) is 10.6. The summed E-state index contributed by atoms with van der Waals surface area (Å²) in [6.45, 7) is 6.79. The number of carbonyl (C=O) groups is 2. The Hall–Kier alpha value is -4.48. The SMILES string of the molecule is CCNC(=O)Nc1cc(-c2nc(C(F)(F)F)c(C(=O)NCCN3CCOCC3)s2)c(-c2cncc(-c3nnc(C)o3)c2)cn1. The van der Waals surface area contributed by atoms with E-state index < -0.39 is 28.7 Å². The van der Waals surface area contributed by atoms with Crippen LogP contribution in [0.1, 0.15) is 28.2 Å². The first kappa shape index (κ1) is 31.0. The van der Waals surface area contributed by atoms with Gasteiger partial charge in [0.05, 0.1) is 18.8 Å². The molecule has 5 heterocycles. The van der Waals surface area contributed by atoms with Crippen molar-refractivity contribution in [2.75, 3.05) is 51.3 Å². The normalized spacial score (nSPS) is 13.9. The maximum Gasteiger partial charge on any atom is 0.435 e. The van der Waals surface area contributed by atoms with Crippen molar-refractivity contribution in [2.45, 2.75) is 20.0 Å². The van der Waals surface area contributed by atoms with Crippen molar-refractivity contribution < 1.29 is 31.9 Å². The second-order valence-electron chi connectivity index (χ2n) is 9.59. The minimum atomic E-state index is -4.90. The first-order chi connectivity index (χ1) is 21.1. The Balaban J connectivity index is 1.53. The number of nitrogens with one attached hydrogen (secondary N) is 3. The van der Waals surface area contributed by atoms with E-state index >= 15 is 0 Å². The lowest BCUT2D eigenvalue weighted by Gasteiger charge is -2.26. The van der Waals surface area contributed by atoms with E-state index in [0.717, 1.165) is 0 Å². The molecule has 0 aliphatic carbocycles. The summed E-state index contributed by atoms with van der Waals surface area (Å²) in [6.07, 6.45) is -0.535. The van der Waals surface area contributed by atoms with Gasteiger partial charge in [0.1, 0.15) is 15.7 Å². The fourth-order valence-electron chi connectivity index (χ4n) is 4.38. The lowest BCUT2D eigenvalue weighted by Crippen LogP contribution is -2.41. The van der Waals surface area contributed by atoms with Crippen molar-refractivity contribution in [3.05, 3.63) is 47.2 Å². The van der Waals surface area contributed by atoms with Crippen LogP contribution in [0.4, 0.5) is 23.8 Å². The van der Waals surface area contributed by atoms with Crippen LogP contribution in [0.25, 0.3) is 33.2 Å². The zero-order chi connectivity index (χ0) is 31.3. The third-order valence-electron chi connectivity index (χ3n) is 6.45. The topological polar surface area (TPSA) is 160 Å². The molecule has 0 aromatic carbocycles. The van der Waals surface area contributed by atoms with Crippen molar-refractivity contribution in [3.8, 4) is 33.2 Å². The Morgan fingerprint density at radius 2 is 1.82 bits per heavy atom. The molecule has 17 heteroatoms. The lowest BCUT2D eigenvalue weighted by atomic mass is 10.0. The molecule has 4 aromatic rings. The number of amides is 3. The first-order valence-corrected chi connectivity index (χ1v) is 14.4. The highest BCUT2D eigenvalue weighted by molar-refractivity contribution is 7.17. The molecule has 0 spiro atoms. The van der Waals surface area contributed by atoms with Gasteiger partial charge in [-0.25, -0.2) is 14.8 Å². The Bertz CT molecular complexity index is 1640. The van der Waals surface area contributed by atoms with Crippen molar-refractivity contribution in [2.24, 2.45) is 0 Å². The molecule has 3 amide bonds. The molecule has 232 valence electrons. The quantitative estimate of drug-likeness (QED) is 0.248. The number of pyridine rings is 2. The van der Waals surface area contributed by atoms with Crippen LogP contribution in [0, 0.1) is 6.92 Å². The van der Waals surface area contributed by atoms with E-state index in [1.54, 1.807) is 19.9 Å². The maximum absolute atomic E-state index is 14.2. The average molecular weight is 632 g/mol. The number of nitrogens with zero attached hydrogens (tertiary/aromatic N) is 6. The second kappa shape index (κ2) is 13.4. The van der Waals surface area contributed by atoms with Crippen LogP contribution in [0.3, 0.4) is 0 Å². The molecule has 0 atom stereocenters. The number of urea groups is 1. The van der Waals surface area contributed by atoms with Crippen LogP contribution in [0.5, 0.6) is 0 Å². The zero-order valence-corrected chi connectivity index (χ0v) is 24.5. The van der Waals surface area contributed by atoms with Crippen molar-refractivity contribution in [1.29, 1.82) is 0 Å². The van der Waals surface area contributed by atoms with Gasteiger partial charge in [-0.15, -0.1) is 21.5 Å². The summed E-state index contributed by atoms with van der Waals surface area (Å²) in [5, 5.41) is 15.4. The van der Waals surface area contributed by atoms with E-state index in [-0.39, 0.29) is 28.8 Å². The number of anilines is 1. The van der Waals surface area contributed by atoms with Gasteiger partial charge in [-0.2, -0.15) is 13.2 Å². The fourth-order valence-corrected chi connectivity index (χ4v) is 5.42. The monoisotopic (exact) mass is 631 g/mol. The summed E-state index contributed by atoms with van der Waals surface area (Å²) in [5.41, 5.74) is 0.143. The predicted molar refractivity (Wildman–Crippen MR) is 154 cm³/mol. The van der Waals surface area contributed by atoms with Gasteiger partial charge in [-0.05, 0) is 19.1 Å². The van der Waals surface area contributed by atoms with E-state index in [9.17, 15) is 22.8 Å². The molecule has 5 rings (SSSR count). The largest absolute Gasteiger partial charge is 0.435 e. The average Bonchev–Trinajstić information content (AvgIpc) is 3.65. The summed E-state index contributed by atoms with van der Waals surface area (Å²) in [7, 11) is 0. The van der Waals surface area contributed by atoms with Gasteiger partial charge in [0.2, 0.25) is 11.8 Å². The Labute approximate surface area is 253 Å². The van der Waals surface area contributed by atoms with Crippen LogP contribution in [0.2, 0.25) is 0 Å². The number of aryl methyl sites for hydroxylation is 1. The molecule has 1 aliphatic heterocycles. The van der Waals surface area contributed by atoms with Crippen LogP contribution < -0.4 is 16.0 Å². The highest BCUT2D eigenvalue weighted by atomic mass is 32.1. The highest BCUT2D eigenvalue weighted by Crippen LogP contribution is 2.41. The van der Waals surface area contributed by atoms with Crippen molar-refractivity contribution >= 4 is 29.1 Å². The molecule has 1 aliphatic rings. The van der Waals surface area contributed by atoms with Crippen LogP contribution in [-0.4, -0.2) is 87.9 Å². The molecule has 3 N–H and O–H groups in total. The first-order valence-electron chi connectivity index (χ1n) is 13.6. The van der Waals surface area contributed by atoms with Gasteiger partial charge in [-0.1, -0.05) is 0 Å². The number of aromatic nitrogens is 5. The molecule has 0 unspecified atom stereocenters. The molecular weight excluding hydrogens is 603 g/mol. The van der Waals surface area contributed by atoms with E-state index in [1.807, 2.05) is 0 Å². The van der Waals surface area contributed by atoms with Gasteiger partial charge in [0, 0.05) is 74.9 Å². The molecule has 13 nitrogen and oxygen atoms in total. The molecule has 1 fully saturated rings. The summed E-state index contributed by atoms with van der Waals surface area (Å²) in [4.78, 5) is 39.1. The van der Waals surface area contributed by atoms with E-state index in [0.29, 0.717) is 73.3 Å². The number of halogens is 3. The number of rotatable bonds is 9. The zero-order valence-electron chi connectivity index (χ0n) is 23.7. The number of alkyl halides is 3. The van der Waals surface area contributed by atoms with Gasteiger partial charge in [0.25, 0.3) is 5.91 Å². The van der Waals surface area contributed by atoms with Gasteiger partial charge in [0.15, 0.2) is 5.69 Å². The summed E-state index contributed by atoms with van der Waals surface area (Å²) >= 11 is 0.590. The van der Waals surface area contributed by atoms with E-state index in [4.69, 9.17) is 9.15 Å². The van der Waals surface area contributed by atoms with Gasteiger partial charge in [-0.3, -0.25) is 20.0 Å². The van der Waals surface area contributed by atoms with Crippen LogP contribution >= 0.6 is 11.3 Å². The smallest absolute Gasteiger partial charge is 0.421 e. The predicted octanol–water partition coefficient (Wildman–Crippen LogP) is 3.85. The Kier molecular flexibility index (Phi) is 9.46. The summed E-state index contributed by atoms with van der Waals surface area (Å²) in [5.74, 6) is -0.287. The minimum absolute atomic E-state index is 0.0617. The minimum Gasteiger partial charge on any atom is -0.421 e. The molecule has 1 saturated heterocycles. The van der Waals surface area contributed by atoms with Crippen LogP contribution in [-0.2, 0) is 10.9 Å². The van der Waals surface area contributed by atoms with E-state index in [2.05, 4.69) is 46.0 Å². The molecule has 4 aromatic heterocycles. The summed E-state index contributed by atoms with van der Waals surface area (Å²) in [6, 6.07) is 2.51. The van der Waals surface area contributed by atoms with Gasteiger partial charge < -0.3 is 19.8 Å². The Morgan fingerprint density at radius 3 is 2.52 bits per heavy atom. The maximum atomic E-state index is 14.2. The molecule has 0 bridgehead atoms. The van der Waals surface area contributed by atoms with Gasteiger partial charge >= 0.3 is 12.2 Å². The number of carbonyl (C=O) groups excluding carboxylic acids is 2.